The molecular formula is C10H9BrF3NO3. The van der Waals surface area contributed by atoms with Gasteiger partial charge in [-0.2, -0.15) is 13.2 Å². The van der Waals surface area contributed by atoms with Crippen LogP contribution in [0.15, 0.2) is 16.6 Å². The first-order valence-corrected chi connectivity index (χ1v) is 5.49. The van der Waals surface area contributed by atoms with Crippen molar-refractivity contribution in [3.05, 3.63) is 27.7 Å². The molecule has 0 aromatic heterocycles. The number of aliphatic carboxylic acids is 1. The Kier molecular flexibility index (Phi) is 4.23. The van der Waals surface area contributed by atoms with E-state index in [1.165, 1.54) is 0 Å². The predicted octanol–water partition coefficient (Wildman–Crippen LogP) is 2.13. The standard InChI is InChI=1S/C10H9BrF3NO3/c11-6-3-5(10(12,13)14)1-4(8(6)16)2-7(15)9(17)18/h1,3,7,16H,2,15H2,(H,17,18). The van der Waals surface area contributed by atoms with Crippen molar-refractivity contribution in [3.8, 4) is 5.75 Å². The number of hydrogen-bond acceptors (Lipinski definition) is 3. The van der Waals surface area contributed by atoms with Crippen LogP contribution < -0.4 is 5.73 Å². The molecule has 0 bridgehead atoms. The van der Waals surface area contributed by atoms with E-state index in [2.05, 4.69) is 15.9 Å². The van der Waals surface area contributed by atoms with E-state index in [4.69, 9.17) is 10.8 Å². The second-order valence-corrected chi connectivity index (χ2v) is 4.47. The average Bonchev–Trinajstić information content (AvgIpc) is 2.22. The van der Waals surface area contributed by atoms with Gasteiger partial charge in [0.1, 0.15) is 11.8 Å². The second kappa shape index (κ2) is 5.15. The lowest BCUT2D eigenvalue weighted by Gasteiger charge is -2.13. The Labute approximate surface area is 108 Å². The molecule has 1 unspecified atom stereocenters. The number of alkyl halides is 3. The molecule has 4 N–H and O–H groups in total. The molecule has 0 spiro atoms. The molecule has 0 aliphatic rings. The molecule has 4 nitrogen and oxygen atoms in total. The van der Waals surface area contributed by atoms with Gasteiger partial charge in [0.05, 0.1) is 10.0 Å². The lowest BCUT2D eigenvalue weighted by atomic mass is 10.0. The molecule has 0 heterocycles. The van der Waals surface area contributed by atoms with Crippen LogP contribution in [0.25, 0.3) is 0 Å². The quantitative estimate of drug-likeness (QED) is 0.794. The normalized spacial score (nSPS) is 13.4. The van der Waals surface area contributed by atoms with Crippen LogP contribution >= 0.6 is 15.9 Å². The minimum absolute atomic E-state index is 0.162. The van der Waals surface area contributed by atoms with Crippen molar-refractivity contribution in [1.29, 1.82) is 0 Å². The Morgan fingerprint density at radius 1 is 1.44 bits per heavy atom. The van der Waals surface area contributed by atoms with E-state index in [0.717, 1.165) is 0 Å². The summed E-state index contributed by atoms with van der Waals surface area (Å²) in [5.74, 6) is -1.80. The first kappa shape index (κ1) is 14.8. The van der Waals surface area contributed by atoms with E-state index in [-0.39, 0.29) is 10.0 Å². The van der Waals surface area contributed by atoms with E-state index < -0.39 is 35.9 Å². The summed E-state index contributed by atoms with van der Waals surface area (Å²) in [6.45, 7) is 0. The highest BCUT2D eigenvalue weighted by Gasteiger charge is 2.32. The number of phenols is 1. The number of halogens is 4. The highest BCUT2D eigenvalue weighted by Crippen LogP contribution is 2.37. The molecule has 0 fully saturated rings. The van der Waals surface area contributed by atoms with Gasteiger partial charge in [-0.15, -0.1) is 0 Å². The largest absolute Gasteiger partial charge is 0.506 e. The van der Waals surface area contributed by atoms with Crippen LogP contribution in [0.4, 0.5) is 13.2 Å². The van der Waals surface area contributed by atoms with Crippen molar-refractivity contribution in [2.24, 2.45) is 5.73 Å². The summed E-state index contributed by atoms with van der Waals surface area (Å²) >= 11 is 2.78. The molecule has 0 aliphatic carbocycles. The molecule has 0 saturated heterocycles. The molecule has 1 rings (SSSR count). The Hall–Kier alpha value is -1.28. The van der Waals surface area contributed by atoms with Gasteiger partial charge < -0.3 is 15.9 Å². The molecule has 1 aromatic rings. The fraction of sp³-hybridized carbons (Fsp3) is 0.300. The van der Waals surface area contributed by atoms with Gasteiger partial charge in [-0.25, -0.2) is 0 Å². The number of carboxylic acids is 1. The minimum Gasteiger partial charge on any atom is -0.506 e. The summed E-state index contributed by atoms with van der Waals surface area (Å²) in [5, 5.41) is 18.1. The number of aromatic hydroxyl groups is 1. The second-order valence-electron chi connectivity index (χ2n) is 3.61. The highest BCUT2D eigenvalue weighted by atomic mass is 79.9. The van der Waals surface area contributed by atoms with Crippen molar-refractivity contribution in [1.82, 2.24) is 0 Å². The van der Waals surface area contributed by atoms with Crippen LogP contribution in [-0.2, 0) is 17.4 Å². The SMILES string of the molecule is NC(Cc1cc(C(F)(F)F)cc(Br)c1O)C(=O)O. The van der Waals surface area contributed by atoms with Crippen molar-refractivity contribution < 1.29 is 28.2 Å². The molecule has 0 aliphatic heterocycles. The van der Waals surface area contributed by atoms with Crippen LogP contribution in [0, 0.1) is 0 Å². The van der Waals surface area contributed by atoms with E-state index in [1.54, 1.807) is 0 Å². The molecule has 8 heteroatoms. The van der Waals surface area contributed by atoms with E-state index in [0.29, 0.717) is 12.1 Å². The minimum atomic E-state index is -4.59. The lowest BCUT2D eigenvalue weighted by molar-refractivity contribution is -0.138. The summed E-state index contributed by atoms with van der Waals surface area (Å²) in [5.41, 5.74) is 4.06. The zero-order valence-electron chi connectivity index (χ0n) is 8.83. The van der Waals surface area contributed by atoms with Gasteiger partial charge in [-0.3, -0.25) is 4.79 Å². The summed E-state index contributed by atoms with van der Waals surface area (Å²) < 4.78 is 37.4. The first-order chi connectivity index (χ1) is 8.12. The Morgan fingerprint density at radius 2 is 2.00 bits per heavy atom. The Bertz CT molecular complexity index is 476. The van der Waals surface area contributed by atoms with Gasteiger partial charge >= 0.3 is 12.1 Å². The van der Waals surface area contributed by atoms with Crippen LogP contribution in [0.5, 0.6) is 5.75 Å². The van der Waals surface area contributed by atoms with Crippen molar-refractivity contribution in [2.45, 2.75) is 18.6 Å². The molecular weight excluding hydrogens is 319 g/mol. The zero-order valence-corrected chi connectivity index (χ0v) is 10.4. The zero-order chi connectivity index (χ0) is 14.1. The van der Waals surface area contributed by atoms with Crippen molar-refractivity contribution in [3.63, 3.8) is 0 Å². The molecule has 1 atom stereocenters. The maximum absolute atomic E-state index is 12.5. The van der Waals surface area contributed by atoms with Gasteiger partial charge in [0.15, 0.2) is 0 Å². The first-order valence-electron chi connectivity index (χ1n) is 4.70. The maximum atomic E-state index is 12.5. The Balaban J connectivity index is 3.19. The number of phenolic OH excluding ortho intramolecular Hbond substituents is 1. The van der Waals surface area contributed by atoms with Crippen LogP contribution in [0.1, 0.15) is 11.1 Å². The number of hydrogen-bond donors (Lipinski definition) is 3. The highest BCUT2D eigenvalue weighted by molar-refractivity contribution is 9.10. The summed E-state index contributed by atoms with van der Waals surface area (Å²) in [4.78, 5) is 10.5. The summed E-state index contributed by atoms with van der Waals surface area (Å²) in [6.07, 6.45) is -4.98. The molecule has 0 saturated carbocycles. The smallest absolute Gasteiger partial charge is 0.416 e. The molecule has 1 aromatic carbocycles. The van der Waals surface area contributed by atoms with Crippen LogP contribution in [0.3, 0.4) is 0 Å². The summed E-state index contributed by atoms with van der Waals surface area (Å²) in [6, 6.07) is 0.0138. The fourth-order valence-corrected chi connectivity index (χ4v) is 1.80. The topological polar surface area (TPSA) is 83.5 Å². The van der Waals surface area contributed by atoms with Gasteiger partial charge in [-0.1, -0.05) is 0 Å². The van der Waals surface area contributed by atoms with Gasteiger partial charge in [0.2, 0.25) is 0 Å². The number of carbonyl (C=O) groups is 1. The van der Waals surface area contributed by atoms with E-state index in [1.807, 2.05) is 0 Å². The Morgan fingerprint density at radius 3 is 2.44 bits per heavy atom. The third kappa shape index (κ3) is 3.36. The van der Waals surface area contributed by atoms with Crippen LogP contribution in [-0.4, -0.2) is 22.2 Å². The number of benzene rings is 1. The monoisotopic (exact) mass is 327 g/mol. The van der Waals surface area contributed by atoms with Crippen molar-refractivity contribution >= 4 is 21.9 Å². The van der Waals surface area contributed by atoms with Gasteiger partial charge in [-0.05, 0) is 33.6 Å². The third-order valence-electron chi connectivity index (χ3n) is 2.23. The average molecular weight is 328 g/mol. The number of rotatable bonds is 3. The maximum Gasteiger partial charge on any atom is 0.416 e. The molecule has 0 radical (unpaired) electrons. The number of carboxylic acid groups (broad SMARTS) is 1. The van der Waals surface area contributed by atoms with E-state index >= 15 is 0 Å². The van der Waals surface area contributed by atoms with Gasteiger partial charge in [0, 0.05) is 6.42 Å². The van der Waals surface area contributed by atoms with Crippen molar-refractivity contribution in [2.75, 3.05) is 0 Å². The molecule has 0 amide bonds. The van der Waals surface area contributed by atoms with Crippen LogP contribution in [0.2, 0.25) is 0 Å². The predicted molar refractivity (Wildman–Crippen MR) is 60.1 cm³/mol. The summed E-state index contributed by atoms with van der Waals surface area (Å²) in [7, 11) is 0. The fourth-order valence-electron chi connectivity index (χ4n) is 1.30. The number of nitrogens with two attached hydrogens (primary N) is 1. The molecule has 18 heavy (non-hydrogen) atoms. The van der Waals surface area contributed by atoms with E-state index in [9.17, 15) is 23.1 Å². The lowest BCUT2D eigenvalue weighted by Crippen LogP contribution is -2.32. The van der Waals surface area contributed by atoms with Gasteiger partial charge in [0.25, 0.3) is 0 Å². The molecule has 100 valence electrons. The third-order valence-corrected chi connectivity index (χ3v) is 2.83.